The predicted octanol–water partition coefficient (Wildman–Crippen LogP) is 2.04. The molecule has 9 heteroatoms. The molecule has 0 aliphatic rings. The number of ether oxygens (including phenoxy) is 3. The Bertz CT molecular complexity index is 545. The first-order valence-electron chi connectivity index (χ1n) is 7.46. The molecular formula is C15H20N2O7. The molecule has 0 aromatic heterocycles. The first kappa shape index (κ1) is 19.4. The Morgan fingerprint density at radius 2 is 1.88 bits per heavy atom. The summed E-state index contributed by atoms with van der Waals surface area (Å²) < 4.78 is 14.8. The van der Waals surface area contributed by atoms with Crippen molar-refractivity contribution in [3.05, 3.63) is 34.4 Å². The van der Waals surface area contributed by atoms with Crippen molar-refractivity contribution in [2.75, 3.05) is 26.4 Å². The number of nitrogens with zero attached hydrogens (tertiary/aromatic N) is 1. The molecule has 0 saturated heterocycles. The summed E-state index contributed by atoms with van der Waals surface area (Å²) in [5.74, 6) is -0.0684. The molecule has 1 amide bonds. The Balaban J connectivity index is 2.15. The van der Waals surface area contributed by atoms with E-state index in [1.165, 1.54) is 24.3 Å². The Hall–Kier alpha value is -2.68. The van der Waals surface area contributed by atoms with Crippen molar-refractivity contribution in [1.29, 1.82) is 0 Å². The topological polar surface area (TPSA) is 117 Å². The highest BCUT2D eigenvalue weighted by Gasteiger charge is 2.09. The summed E-state index contributed by atoms with van der Waals surface area (Å²) in [5.41, 5.74) is -0.110. The second-order valence-electron chi connectivity index (χ2n) is 4.66. The average molecular weight is 340 g/mol. The molecule has 0 fully saturated rings. The van der Waals surface area contributed by atoms with Gasteiger partial charge in [0, 0.05) is 25.2 Å². The van der Waals surface area contributed by atoms with Gasteiger partial charge in [0.25, 0.3) is 5.69 Å². The van der Waals surface area contributed by atoms with Gasteiger partial charge in [0.2, 0.25) is 5.91 Å². The maximum absolute atomic E-state index is 11.4. The molecule has 0 heterocycles. The molecule has 0 spiro atoms. The smallest absolute Gasteiger partial charge is 0.432 e. The number of benzene rings is 1. The number of nitrogens with one attached hydrogen (secondary N) is 1. The van der Waals surface area contributed by atoms with Gasteiger partial charge in [0.15, 0.2) is 0 Å². The number of hydrogen-bond donors (Lipinski definition) is 1. The van der Waals surface area contributed by atoms with Gasteiger partial charge in [-0.05, 0) is 18.6 Å². The van der Waals surface area contributed by atoms with Gasteiger partial charge in [-0.15, -0.1) is 0 Å². The second-order valence-corrected chi connectivity index (χ2v) is 4.66. The maximum Gasteiger partial charge on any atom is 0.513 e. The Kier molecular flexibility index (Phi) is 8.84. The highest BCUT2D eigenvalue weighted by molar-refractivity contribution is 5.75. The maximum atomic E-state index is 11.4. The first-order chi connectivity index (χ1) is 11.5. The van der Waals surface area contributed by atoms with Crippen molar-refractivity contribution in [2.45, 2.75) is 19.8 Å². The van der Waals surface area contributed by atoms with E-state index in [0.29, 0.717) is 13.2 Å². The lowest BCUT2D eigenvalue weighted by molar-refractivity contribution is -0.384. The van der Waals surface area contributed by atoms with Gasteiger partial charge in [-0.3, -0.25) is 14.9 Å². The fourth-order valence-electron chi connectivity index (χ4n) is 1.59. The number of hydrogen-bond acceptors (Lipinski definition) is 7. The molecule has 0 aliphatic carbocycles. The lowest BCUT2D eigenvalue weighted by Crippen LogP contribution is -2.29. The van der Waals surface area contributed by atoms with Crippen LogP contribution < -0.4 is 10.1 Å². The van der Waals surface area contributed by atoms with Crippen molar-refractivity contribution in [1.82, 2.24) is 5.32 Å². The lowest BCUT2D eigenvalue weighted by Gasteiger charge is -2.07. The van der Waals surface area contributed by atoms with Gasteiger partial charge >= 0.3 is 6.16 Å². The van der Waals surface area contributed by atoms with Crippen LogP contribution in [0.25, 0.3) is 0 Å². The third-order valence-corrected chi connectivity index (χ3v) is 2.71. The van der Waals surface area contributed by atoms with E-state index in [0.717, 1.165) is 6.42 Å². The molecule has 1 N–H and O–H groups in total. The van der Waals surface area contributed by atoms with Crippen LogP contribution in [0.15, 0.2) is 24.3 Å². The third-order valence-electron chi connectivity index (χ3n) is 2.71. The van der Waals surface area contributed by atoms with Crippen LogP contribution in [0.2, 0.25) is 0 Å². The van der Waals surface area contributed by atoms with Crippen LogP contribution in [-0.4, -0.2) is 43.4 Å². The minimum atomic E-state index is -0.954. The molecule has 0 radical (unpaired) electrons. The van der Waals surface area contributed by atoms with Crippen molar-refractivity contribution in [2.24, 2.45) is 0 Å². The highest BCUT2D eigenvalue weighted by Crippen LogP contribution is 2.17. The molecule has 9 nitrogen and oxygen atoms in total. The molecule has 0 aliphatic heterocycles. The summed E-state index contributed by atoms with van der Waals surface area (Å²) in [6.45, 7) is 3.05. The summed E-state index contributed by atoms with van der Waals surface area (Å²) in [5, 5.41) is 13.1. The molecule has 132 valence electrons. The molecule has 1 aromatic rings. The summed E-state index contributed by atoms with van der Waals surface area (Å²) in [7, 11) is 0. The first-order valence-corrected chi connectivity index (χ1v) is 7.46. The Morgan fingerprint density at radius 1 is 1.17 bits per heavy atom. The van der Waals surface area contributed by atoms with Crippen molar-refractivity contribution in [3.63, 3.8) is 0 Å². The Morgan fingerprint density at radius 3 is 2.50 bits per heavy atom. The zero-order valence-electron chi connectivity index (χ0n) is 13.4. The number of amides is 1. The molecule has 0 saturated carbocycles. The minimum Gasteiger partial charge on any atom is -0.432 e. The van der Waals surface area contributed by atoms with E-state index in [4.69, 9.17) is 14.2 Å². The number of nitro benzene ring substituents is 1. The quantitative estimate of drug-likeness (QED) is 0.228. The number of rotatable bonds is 10. The van der Waals surface area contributed by atoms with Crippen molar-refractivity contribution >= 4 is 17.7 Å². The molecular weight excluding hydrogens is 320 g/mol. The lowest BCUT2D eigenvalue weighted by atomic mass is 10.3. The van der Waals surface area contributed by atoms with Gasteiger partial charge in [-0.25, -0.2) is 4.79 Å². The highest BCUT2D eigenvalue weighted by atomic mass is 16.7. The molecule has 24 heavy (non-hydrogen) atoms. The van der Waals surface area contributed by atoms with E-state index in [-0.39, 0.29) is 36.9 Å². The normalized spacial score (nSPS) is 10.0. The van der Waals surface area contributed by atoms with Crippen molar-refractivity contribution in [3.8, 4) is 5.75 Å². The van der Waals surface area contributed by atoms with Gasteiger partial charge in [-0.2, -0.15) is 0 Å². The average Bonchev–Trinajstić information content (AvgIpc) is 2.56. The monoisotopic (exact) mass is 340 g/mol. The van der Waals surface area contributed by atoms with E-state index in [2.05, 4.69) is 5.32 Å². The number of nitro groups is 1. The zero-order chi connectivity index (χ0) is 17.8. The fourth-order valence-corrected chi connectivity index (χ4v) is 1.59. The summed E-state index contributed by atoms with van der Waals surface area (Å²) in [6, 6.07) is 5.00. The van der Waals surface area contributed by atoms with Crippen LogP contribution in [0.1, 0.15) is 19.8 Å². The van der Waals surface area contributed by atoms with Crippen LogP contribution in [0.3, 0.4) is 0 Å². The second kappa shape index (κ2) is 10.9. The van der Waals surface area contributed by atoms with Gasteiger partial charge in [-0.1, -0.05) is 6.92 Å². The minimum absolute atomic E-state index is 0.0482. The van der Waals surface area contributed by atoms with E-state index in [1.807, 2.05) is 6.92 Å². The van der Waals surface area contributed by atoms with Crippen LogP contribution in [0.5, 0.6) is 5.75 Å². The number of carbonyl (C=O) groups excluding carboxylic acids is 2. The van der Waals surface area contributed by atoms with Gasteiger partial charge in [0.1, 0.15) is 12.4 Å². The summed E-state index contributed by atoms with van der Waals surface area (Å²) in [4.78, 5) is 32.8. The van der Waals surface area contributed by atoms with Crippen LogP contribution in [-0.2, 0) is 14.3 Å². The van der Waals surface area contributed by atoms with Gasteiger partial charge < -0.3 is 19.5 Å². The molecule has 1 rings (SSSR count). The molecule has 1 aromatic carbocycles. The van der Waals surface area contributed by atoms with Crippen LogP contribution >= 0.6 is 0 Å². The number of non-ortho nitro benzene ring substituents is 1. The van der Waals surface area contributed by atoms with Crippen molar-refractivity contribution < 1.29 is 28.7 Å². The van der Waals surface area contributed by atoms with E-state index in [9.17, 15) is 19.7 Å². The predicted molar refractivity (Wildman–Crippen MR) is 83.8 cm³/mol. The van der Waals surface area contributed by atoms with Crippen LogP contribution in [0.4, 0.5) is 10.5 Å². The van der Waals surface area contributed by atoms with E-state index < -0.39 is 11.1 Å². The summed E-state index contributed by atoms with van der Waals surface area (Å²) in [6.07, 6.45) is 0.184. The Labute approximate surface area is 139 Å². The largest absolute Gasteiger partial charge is 0.513 e. The SMILES string of the molecule is CCCOCCC(=O)NCCOC(=O)Oc1ccc([N+](=O)[O-])cc1. The molecule has 0 atom stereocenters. The van der Waals surface area contributed by atoms with Gasteiger partial charge in [0.05, 0.1) is 18.1 Å². The van der Waals surface area contributed by atoms with E-state index in [1.54, 1.807) is 0 Å². The van der Waals surface area contributed by atoms with E-state index >= 15 is 0 Å². The molecule has 0 bridgehead atoms. The fraction of sp³-hybridized carbons (Fsp3) is 0.467. The number of carbonyl (C=O) groups is 2. The standard InChI is InChI=1S/C15H20N2O7/c1-2-9-22-10-7-14(18)16-8-11-23-15(19)24-13-5-3-12(4-6-13)17(20)21/h3-6H,2,7-11H2,1H3,(H,16,18). The zero-order valence-corrected chi connectivity index (χ0v) is 13.4. The summed E-state index contributed by atoms with van der Waals surface area (Å²) >= 11 is 0. The van der Waals surface area contributed by atoms with Crippen LogP contribution in [0, 0.1) is 10.1 Å². The third kappa shape index (κ3) is 8.08. The molecule has 0 unspecified atom stereocenters.